The highest BCUT2D eigenvalue weighted by Crippen LogP contribution is 2.22. The lowest BCUT2D eigenvalue weighted by molar-refractivity contribution is 0.438. The number of hydrogen-bond acceptors (Lipinski definition) is 4. The number of hydrogen-bond donors (Lipinski definition) is 2. The second-order valence-corrected chi connectivity index (χ2v) is 3.73. The summed E-state index contributed by atoms with van der Waals surface area (Å²) in [5, 5.41) is 14.7. The van der Waals surface area contributed by atoms with E-state index >= 15 is 0 Å². The Labute approximate surface area is 83.9 Å². The van der Waals surface area contributed by atoms with Crippen LogP contribution in [0.2, 0.25) is 0 Å². The van der Waals surface area contributed by atoms with Crippen LogP contribution in [0.5, 0.6) is 0 Å². The van der Waals surface area contributed by atoms with Gasteiger partial charge >= 0.3 is 0 Å². The molecule has 1 fully saturated rings. The van der Waals surface area contributed by atoms with E-state index in [4.69, 9.17) is 0 Å². The van der Waals surface area contributed by atoms with E-state index in [0.717, 1.165) is 24.9 Å². The van der Waals surface area contributed by atoms with Crippen molar-refractivity contribution in [3.05, 3.63) is 5.82 Å². The first-order valence-electron chi connectivity index (χ1n) is 5.10. The van der Waals surface area contributed by atoms with Gasteiger partial charge in [0.1, 0.15) is 5.82 Å². The molecule has 1 aliphatic rings. The lowest BCUT2D eigenvalue weighted by atomic mass is 9.99. The van der Waals surface area contributed by atoms with Gasteiger partial charge in [-0.1, -0.05) is 0 Å². The molecule has 0 aliphatic carbocycles. The first kappa shape index (κ1) is 9.45. The number of rotatable bonds is 2. The van der Waals surface area contributed by atoms with E-state index in [1.54, 1.807) is 0 Å². The molecule has 1 aliphatic heterocycles. The predicted octanol–water partition coefficient (Wildman–Crippen LogP) is 0.324. The Morgan fingerprint density at radius 1 is 1.50 bits per heavy atom. The fourth-order valence-electron chi connectivity index (χ4n) is 1.99. The molecule has 0 unspecified atom stereocenters. The minimum absolute atomic E-state index is 0.517. The van der Waals surface area contributed by atoms with Crippen molar-refractivity contribution in [3.63, 3.8) is 0 Å². The molecule has 5 heteroatoms. The van der Waals surface area contributed by atoms with Gasteiger partial charge in [0.2, 0.25) is 5.95 Å². The molecule has 1 atom stereocenters. The molecule has 0 radical (unpaired) electrons. The van der Waals surface area contributed by atoms with Gasteiger partial charge in [-0.3, -0.25) is 0 Å². The van der Waals surface area contributed by atoms with Gasteiger partial charge in [-0.2, -0.15) is 0 Å². The number of piperidine rings is 1. The minimum atomic E-state index is 0.517. The van der Waals surface area contributed by atoms with Gasteiger partial charge < -0.3 is 15.2 Å². The Morgan fingerprint density at radius 2 is 2.36 bits per heavy atom. The first-order valence-corrected chi connectivity index (χ1v) is 5.10. The number of nitrogens with zero attached hydrogens (tertiary/aromatic N) is 3. The molecular formula is C9H17N5. The molecule has 0 saturated carbocycles. The Hall–Kier alpha value is -1.10. The molecule has 1 aromatic heterocycles. The van der Waals surface area contributed by atoms with E-state index in [9.17, 15) is 0 Å². The van der Waals surface area contributed by atoms with Gasteiger partial charge in [0.25, 0.3) is 0 Å². The van der Waals surface area contributed by atoms with Crippen LogP contribution < -0.4 is 10.6 Å². The van der Waals surface area contributed by atoms with Crippen LogP contribution in [0.1, 0.15) is 24.6 Å². The van der Waals surface area contributed by atoms with E-state index in [1.165, 1.54) is 12.8 Å². The Kier molecular flexibility index (Phi) is 2.67. The van der Waals surface area contributed by atoms with Gasteiger partial charge in [0.15, 0.2) is 0 Å². The zero-order valence-electron chi connectivity index (χ0n) is 8.75. The lowest BCUT2D eigenvalue weighted by Crippen LogP contribution is -2.29. The summed E-state index contributed by atoms with van der Waals surface area (Å²) in [4.78, 5) is 0. The maximum atomic E-state index is 4.22. The maximum absolute atomic E-state index is 4.22. The van der Waals surface area contributed by atoms with Crippen molar-refractivity contribution in [1.82, 2.24) is 20.1 Å². The van der Waals surface area contributed by atoms with E-state index in [-0.39, 0.29) is 0 Å². The van der Waals surface area contributed by atoms with Crippen LogP contribution in [0.3, 0.4) is 0 Å². The van der Waals surface area contributed by atoms with Crippen molar-refractivity contribution in [3.8, 4) is 0 Å². The van der Waals surface area contributed by atoms with Crippen LogP contribution in [-0.4, -0.2) is 34.9 Å². The highest BCUT2D eigenvalue weighted by molar-refractivity contribution is 5.25. The summed E-state index contributed by atoms with van der Waals surface area (Å²) in [6.07, 6.45) is 2.44. The lowest BCUT2D eigenvalue weighted by Gasteiger charge is -2.21. The highest BCUT2D eigenvalue weighted by atomic mass is 15.3. The number of nitrogens with one attached hydrogen (secondary N) is 2. The summed E-state index contributed by atoms with van der Waals surface area (Å²) in [7, 11) is 3.88. The Bertz CT molecular complexity index is 300. The van der Waals surface area contributed by atoms with Gasteiger partial charge in [-0.15, -0.1) is 10.2 Å². The first-order chi connectivity index (χ1) is 6.83. The second kappa shape index (κ2) is 3.96. The summed E-state index contributed by atoms with van der Waals surface area (Å²) >= 11 is 0. The minimum Gasteiger partial charge on any atom is -0.357 e. The van der Waals surface area contributed by atoms with E-state index in [0.29, 0.717) is 5.92 Å². The predicted molar refractivity (Wildman–Crippen MR) is 55.4 cm³/mol. The van der Waals surface area contributed by atoms with E-state index in [2.05, 4.69) is 20.8 Å². The van der Waals surface area contributed by atoms with Gasteiger partial charge in [-0.05, 0) is 19.4 Å². The van der Waals surface area contributed by atoms with Gasteiger partial charge in [-0.25, -0.2) is 0 Å². The largest absolute Gasteiger partial charge is 0.357 e. The third-order valence-corrected chi connectivity index (χ3v) is 2.79. The number of aromatic nitrogens is 3. The normalized spacial score (nSPS) is 22.3. The van der Waals surface area contributed by atoms with Crippen molar-refractivity contribution in [1.29, 1.82) is 0 Å². The number of anilines is 1. The highest BCUT2D eigenvalue weighted by Gasteiger charge is 2.20. The third kappa shape index (κ3) is 1.59. The molecule has 1 saturated heterocycles. The van der Waals surface area contributed by atoms with Gasteiger partial charge in [0.05, 0.1) is 0 Å². The summed E-state index contributed by atoms with van der Waals surface area (Å²) in [5.74, 6) is 2.44. The molecule has 14 heavy (non-hydrogen) atoms. The van der Waals surface area contributed by atoms with Gasteiger partial charge in [0, 0.05) is 26.6 Å². The topological polar surface area (TPSA) is 54.8 Å². The molecular weight excluding hydrogens is 178 g/mol. The molecule has 0 spiro atoms. The SMILES string of the molecule is CNc1nnc([C@H]2CCCNC2)n1C. The Balaban J connectivity index is 2.18. The van der Waals surface area contributed by atoms with Crippen LogP contribution in [0, 0.1) is 0 Å². The van der Waals surface area contributed by atoms with Crippen molar-refractivity contribution >= 4 is 5.95 Å². The van der Waals surface area contributed by atoms with E-state index < -0.39 is 0 Å². The summed E-state index contributed by atoms with van der Waals surface area (Å²) < 4.78 is 2.04. The van der Waals surface area contributed by atoms with Crippen molar-refractivity contribution in [2.24, 2.45) is 7.05 Å². The molecule has 1 aromatic rings. The molecule has 0 aromatic carbocycles. The second-order valence-electron chi connectivity index (χ2n) is 3.73. The fourth-order valence-corrected chi connectivity index (χ4v) is 1.99. The molecule has 0 amide bonds. The van der Waals surface area contributed by atoms with Crippen molar-refractivity contribution in [2.75, 3.05) is 25.5 Å². The van der Waals surface area contributed by atoms with Crippen LogP contribution in [0.15, 0.2) is 0 Å². The van der Waals surface area contributed by atoms with Crippen LogP contribution in [0.25, 0.3) is 0 Å². The zero-order chi connectivity index (χ0) is 9.97. The van der Waals surface area contributed by atoms with Crippen molar-refractivity contribution in [2.45, 2.75) is 18.8 Å². The van der Waals surface area contributed by atoms with Crippen molar-refractivity contribution < 1.29 is 0 Å². The molecule has 0 bridgehead atoms. The van der Waals surface area contributed by atoms with Crippen LogP contribution in [-0.2, 0) is 7.05 Å². The zero-order valence-corrected chi connectivity index (χ0v) is 8.75. The summed E-state index contributed by atoms with van der Waals surface area (Å²) in [6.45, 7) is 2.16. The average Bonchev–Trinajstić information content (AvgIpc) is 2.61. The maximum Gasteiger partial charge on any atom is 0.224 e. The fraction of sp³-hybridized carbons (Fsp3) is 0.778. The molecule has 2 heterocycles. The molecule has 5 nitrogen and oxygen atoms in total. The third-order valence-electron chi connectivity index (χ3n) is 2.79. The molecule has 2 N–H and O–H groups in total. The quantitative estimate of drug-likeness (QED) is 0.714. The van der Waals surface area contributed by atoms with E-state index in [1.807, 2.05) is 18.7 Å². The smallest absolute Gasteiger partial charge is 0.224 e. The molecule has 78 valence electrons. The monoisotopic (exact) mass is 195 g/mol. The standard InChI is InChI=1S/C9H17N5/c1-10-9-13-12-8(14(9)2)7-4-3-5-11-6-7/h7,11H,3-6H2,1-2H3,(H,10,13)/t7-/m0/s1. The van der Waals surface area contributed by atoms with Crippen LogP contribution in [0.4, 0.5) is 5.95 Å². The molecule has 2 rings (SSSR count). The van der Waals surface area contributed by atoms with Crippen LogP contribution >= 0.6 is 0 Å². The summed E-state index contributed by atoms with van der Waals surface area (Å²) in [5.41, 5.74) is 0. The summed E-state index contributed by atoms with van der Waals surface area (Å²) in [6, 6.07) is 0. The average molecular weight is 195 g/mol. The Morgan fingerprint density at radius 3 is 2.93 bits per heavy atom.